The quantitative estimate of drug-likeness (QED) is 0.562. The third-order valence-corrected chi connectivity index (χ3v) is 4.97. The molecule has 0 radical (unpaired) electrons. The van der Waals surface area contributed by atoms with Crippen molar-refractivity contribution < 1.29 is 18.3 Å². The molecule has 1 amide bonds. The van der Waals surface area contributed by atoms with Crippen molar-refractivity contribution >= 4 is 15.9 Å². The lowest BCUT2D eigenvalue weighted by atomic mass is 10.2. The van der Waals surface area contributed by atoms with E-state index in [0.29, 0.717) is 12.2 Å². The molecule has 1 aromatic carbocycles. The predicted octanol–water partition coefficient (Wildman–Crippen LogP) is -0.0332. The SMILES string of the molecule is C[C@H](NC(=O)c1cccc(S(=O)(=O)NCCCO)c1)c1nncn1C. The molecule has 0 fully saturated rings. The van der Waals surface area contributed by atoms with Crippen LogP contribution in [0.4, 0.5) is 0 Å². The first kappa shape index (κ1) is 19.0. The summed E-state index contributed by atoms with van der Waals surface area (Å²) >= 11 is 0. The number of rotatable bonds is 8. The van der Waals surface area contributed by atoms with E-state index in [1.54, 1.807) is 18.5 Å². The van der Waals surface area contributed by atoms with Crippen LogP contribution in [0, 0.1) is 0 Å². The highest BCUT2D eigenvalue weighted by atomic mass is 32.2. The Morgan fingerprint density at radius 2 is 2.16 bits per heavy atom. The molecule has 0 unspecified atom stereocenters. The summed E-state index contributed by atoms with van der Waals surface area (Å²) in [6.07, 6.45) is 1.85. The summed E-state index contributed by atoms with van der Waals surface area (Å²) in [6, 6.07) is 5.36. The molecule has 0 spiro atoms. The number of carbonyl (C=O) groups is 1. The van der Waals surface area contributed by atoms with Crippen molar-refractivity contribution in [2.24, 2.45) is 7.05 Å². The Kier molecular flexibility index (Phi) is 6.23. The molecule has 136 valence electrons. The molecule has 0 aliphatic carbocycles. The van der Waals surface area contributed by atoms with Crippen LogP contribution in [0.3, 0.4) is 0 Å². The first-order valence-corrected chi connectivity index (χ1v) is 9.19. The van der Waals surface area contributed by atoms with Gasteiger partial charge in [-0.3, -0.25) is 4.79 Å². The van der Waals surface area contributed by atoms with Gasteiger partial charge in [-0.2, -0.15) is 0 Å². The molecule has 0 aliphatic rings. The molecule has 10 heteroatoms. The van der Waals surface area contributed by atoms with E-state index < -0.39 is 15.9 Å². The zero-order chi connectivity index (χ0) is 18.4. The molecule has 1 atom stereocenters. The van der Waals surface area contributed by atoms with E-state index in [2.05, 4.69) is 20.2 Å². The smallest absolute Gasteiger partial charge is 0.251 e. The molecule has 0 aliphatic heterocycles. The van der Waals surface area contributed by atoms with Gasteiger partial charge < -0.3 is 15.0 Å². The van der Waals surface area contributed by atoms with Crippen molar-refractivity contribution in [3.63, 3.8) is 0 Å². The maximum atomic E-state index is 12.4. The summed E-state index contributed by atoms with van der Waals surface area (Å²) < 4.78 is 28.4. The second-order valence-corrected chi connectivity index (χ2v) is 7.26. The van der Waals surface area contributed by atoms with Gasteiger partial charge in [0.2, 0.25) is 10.0 Å². The molecule has 1 aromatic heterocycles. The Labute approximate surface area is 146 Å². The average molecular weight is 367 g/mol. The summed E-state index contributed by atoms with van der Waals surface area (Å²) in [6.45, 7) is 1.78. The fourth-order valence-corrected chi connectivity index (χ4v) is 3.32. The first-order chi connectivity index (χ1) is 11.8. The van der Waals surface area contributed by atoms with Gasteiger partial charge in [0.1, 0.15) is 6.33 Å². The standard InChI is InChI=1S/C15H21N5O4S/c1-11(14-19-16-10-20(14)2)18-15(22)12-5-3-6-13(9-12)25(23,24)17-7-4-8-21/h3,5-6,9-11,17,21H,4,7-8H2,1-2H3,(H,18,22)/t11-/m0/s1. The monoisotopic (exact) mass is 367 g/mol. The van der Waals surface area contributed by atoms with Gasteiger partial charge in [0.25, 0.3) is 5.91 Å². The van der Waals surface area contributed by atoms with Crippen LogP contribution in [0.15, 0.2) is 35.5 Å². The number of aromatic nitrogens is 3. The number of carbonyl (C=O) groups excluding carboxylic acids is 1. The molecule has 2 aromatic rings. The molecule has 0 saturated heterocycles. The number of aliphatic hydroxyl groups excluding tert-OH is 1. The molecule has 0 bridgehead atoms. The molecule has 9 nitrogen and oxygen atoms in total. The topological polar surface area (TPSA) is 126 Å². The van der Waals surface area contributed by atoms with E-state index in [0.717, 1.165) is 0 Å². The average Bonchev–Trinajstić information content (AvgIpc) is 3.01. The zero-order valence-corrected chi connectivity index (χ0v) is 14.8. The van der Waals surface area contributed by atoms with Gasteiger partial charge in [0.15, 0.2) is 5.82 Å². The van der Waals surface area contributed by atoms with E-state index in [4.69, 9.17) is 5.11 Å². The molecule has 0 saturated carbocycles. The fourth-order valence-electron chi connectivity index (χ4n) is 2.20. The fraction of sp³-hybridized carbons (Fsp3) is 0.400. The molecule has 3 N–H and O–H groups in total. The molecular formula is C15H21N5O4S. The van der Waals surface area contributed by atoms with Gasteiger partial charge in [-0.25, -0.2) is 13.1 Å². The third kappa shape index (κ3) is 4.84. The molecular weight excluding hydrogens is 346 g/mol. The Morgan fingerprint density at radius 1 is 1.40 bits per heavy atom. The largest absolute Gasteiger partial charge is 0.396 e. The number of nitrogens with zero attached hydrogens (tertiary/aromatic N) is 3. The third-order valence-electron chi connectivity index (χ3n) is 3.51. The van der Waals surface area contributed by atoms with Crippen LogP contribution in [-0.2, 0) is 17.1 Å². The van der Waals surface area contributed by atoms with Gasteiger partial charge in [-0.1, -0.05) is 6.07 Å². The Bertz CT molecular complexity index is 834. The molecule has 1 heterocycles. The summed E-state index contributed by atoms with van der Waals surface area (Å²) in [4.78, 5) is 12.4. The van der Waals surface area contributed by atoms with Gasteiger partial charge in [-0.15, -0.1) is 10.2 Å². The molecule has 25 heavy (non-hydrogen) atoms. The summed E-state index contributed by atoms with van der Waals surface area (Å²) in [5, 5.41) is 19.2. The number of aliphatic hydroxyl groups is 1. The molecule has 2 rings (SSSR count). The van der Waals surface area contributed by atoms with Crippen LogP contribution in [0.1, 0.15) is 35.6 Å². The summed E-state index contributed by atoms with van der Waals surface area (Å²) in [5.74, 6) is 0.172. The number of aryl methyl sites for hydroxylation is 1. The lowest BCUT2D eigenvalue weighted by molar-refractivity contribution is 0.0937. The van der Waals surface area contributed by atoms with Crippen molar-refractivity contribution in [2.75, 3.05) is 13.2 Å². The number of hydrogen-bond donors (Lipinski definition) is 3. The number of benzene rings is 1. The maximum absolute atomic E-state index is 12.4. The van der Waals surface area contributed by atoms with Gasteiger partial charge >= 0.3 is 0 Å². The second kappa shape index (κ2) is 8.19. The van der Waals surface area contributed by atoms with E-state index in [-0.39, 0.29) is 29.7 Å². The summed E-state index contributed by atoms with van der Waals surface area (Å²) in [7, 11) is -1.97. The number of nitrogens with one attached hydrogen (secondary N) is 2. The highest BCUT2D eigenvalue weighted by Gasteiger charge is 2.18. The Hall–Kier alpha value is -2.30. The van der Waals surface area contributed by atoms with Gasteiger partial charge in [-0.05, 0) is 31.5 Å². The van der Waals surface area contributed by atoms with Gasteiger partial charge in [0, 0.05) is 25.8 Å². The van der Waals surface area contributed by atoms with Crippen molar-refractivity contribution in [2.45, 2.75) is 24.3 Å². The maximum Gasteiger partial charge on any atom is 0.251 e. The van der Waals surface area contributed by atoms with E-state index >= 15 is 0 Å². The highest BCUT2D eigenvalue weighted by molar-refractivity contribution is 7.89. The van der Waals surface area contributed by atoms with Crippen LogP contribution < -0.4 is 10.0 Å². The first-order valence-electron chi connectivity index (χ1n) is 7.70. The Balaban J connectivity index is 2.12. The van der Waals surface area contributed by atoms with E-state index in [1.165, 1.54) is 30.6 Å². The van der Waals surface area contributed by atoms with E-state index in [1.807, 2.05) is 0 Å². The van der Waals surface area contributed by atoms with Crippen molar-refractivity contribution in [1.29, 1.82) is 0 Å². The predicted molar refractivity (Wildman–Crippen MR) is 90.2 cm³/mol. The lowest BCUT2D eigenvalue weighted by Gasteiger charge is -2.13. The Morgan fingerprint density at radius 3 is 2.80 bits per heavy atom. The number of amides is 1. The summed E-state index contributed by atoms with van der Waals surface area (Å²) in [5.41, 5.74) is 0.221. The zero-order valence-electron chi connectivity index (χ0n) is 14.0. The number of hydrogen-bond acceptors (Lipinski definition) is 6. The normalized spacial score (nSPS) is 12.8. The van der Waals surface area contributed by atoms with Crippen LogP contribution in [0.2, 0.25) is 0 Å². The van der Waals surface area contributed by atoms with Crippen molar-refractivity contribution in [3.05, 3.63) is 42.0 Å². The van der Waals surface area contributed by atoms with Crippen LogP contribution >= 0.6 is 0 Å². The van der Waals surface area contributed by atoms with E-state index in [9.17, 15) is 13.2 Å². The van der Waals surface area contributed by atoms with Crippen LogP contribution in [0.5, 0.6) is 0 Å². The minimum Gasteiger partial charge on any atom is -0.396 e. The highest BCUT2D eigenvalue weighted by Crippen LogP contribution is 2.14. The van der Waals surface area contributed by atoms with Crippen molar-refractivity contribution in [3.8, 4) is 0 Å². The minimum absolute atomic E-state index is 0.00981. The lowest BCUT2D eigenvalue weighted by Crippen LogP contribution is -2.29. The van der Waals surface area contributed by atoms with Gasteiger partial charge in [0.05, 0.1) is 10.9 Å². The van der Waals surface area contributed by atoms with Crippen LogP contribution in [-0.4, -0.2) is 47.3 Å². The minimum atomic E-state index is -3.73. The van der Waals surface area contributed by atoms with Crippen molar-refractivity contribution in [1.82, 2.24) is 24.8 Å². The van der Waals surface area contributed by atoms with Crippen LogP contribution in [0.25, 0.3) is 0 Å². The number of sulfonamides is 1. The second-order valence-electron chi connectivity index (χ2n) is 5.50.